The SMILES string of the molecule is C=Cc1cccc(S(N)(=O)=O)c1CCCCCCCC. The van der Waals surface area contributed by atoms with E-state index in [1.807, 2.05) is 6.07 Å². The Morgan fingerprint density at radius 3 is 2.40 bits per heavy atom. The Labute approximate surface area is 122 Å². The van der Waals surface area contributed by atoms with Gasteiger partial charge in [-0.25, -0.2) is 13.6 Å². The fourth-order valence-corrected chi connectivity index (χ4v) is 3.22. The van der Waals surface area contributed by atoms with E-state index >= 15 is 0 Å². The third-order valence-corrected chi connectivity index (χ3v) is 4.47. The monoisotopic (exact) mass is 295 g/mol. The normalized spacial score (nSPS) is 11.5. The molecule has 0 bridgehead atoms. The Balaban J connectivity index is 2.75. The van der Waals surface area contributed by atoms with Crippen molar-refractivity contribution in [2.75, 3.05) is 0 Å². The van der Waals surface area contributed by atoms with Crippen LogP contribution >= 0.6 is 0 Å². The van der Waals surface area contributed by atoms with E-state index in [0.29, 0.717) is 0 Å². The summed E-state index contributed by atoms with van der Waals surface area (Å²) < 4.78 is 23.3. The molecule has 20 heavy (non-hydrogen) atoms. The van der Waals surface area contributed by atoms with Crippen molar-refractivity contribution in [3.8, 4) is 0 Å². The second-order valence-corrected chi connectivity index (χ2v) is 6.62. The molecule has 0 atom stereocenters. The van der Waals surface area contributed by atoms with Crippen molar-refractivity contribution < 1.29 is 8.42 Å². The van der Waals surface area contributed by atoms with Gasteiger partial charge in [0.1, 0.15) is 0 Å². The Bertz CT molecular complexity index is 535. The van der Waals surface area contributed by atoms with E-state index in [0.717, 1.165) is 30.4 Å². The first kappa shape index (κ1) is 16.9. The minimum Gasteiger partial charge on any atom is -0.225 e. The van der Waals surface area contributed by atoms with Gasteiger partial charge in [-0.3, -0.25) is 0 Å². The predicted molar refractivity (Wildman–Crippen MR) is 85.0 cm³/mol. The van der Waals surface area contributed by atoms with Gasteiger partial charge < -0.3 is 0 Å². The minimum absolute atomic E-state index is 0.239. The zero-order valence-electron chi connectivity index (χ0n) is 12.3. The molecule has 3 nitrogen and oxygen atoms in total. The molecule has 0 radical (unpaired) electrons. The summed E-state index contributed by atoms with van der Waals surface area (Å²) in [5, 5.41) is 5.29. The third kappa shape index (κ3) is 5.10. The lowest BCUT2D eigenvalue weighted by molar-refractivity contribution is 0.591. The average Bonchev–Trinajstić information content (AvgIpc) is 2.41. The number of unbranched alkanes of at least 4 members (excludes halogenated alkanes) is 5. The van der Waals surface area contributed by atoms with Gasteiger partial charge in [-0.2, -0.15) is 0 Å². The number of hydrogen-bond donors (Lipinski definition) is 1. The standard InChI is InChI=1S/C16H25NO2S/c1-3-5-6-7-8-9-12-15-14(4-2)11-10-13-16(15)20(17,18)19/h4,10-11,13H,2-3,5-9,12H2,1H3,(H2,17,18,19). The van der Waals surface area contributed by atoms with Gasteiger partial charge in [0.2, 0.25) is 10.0 Å². The Kier molecular flexibility index (Phi) is 6.96. The molecule has 0 amide bonds. The van der Waals surface area contributed by atoms with E-state index in [4.69, 9.17) is 5.14 Å². The van der Waals surface area contributed by atoms with Gasteiger partial charge in [0.25, 0.3) is 0 Å². The zero-order chi connectivity index (χ0) is 15.0. The van der Waals surface area contributed by atoms with Crippen molar-refractivity contribution in [3.63, 3.8) is 0 Å². The minimum atomic E-state index is -3.67. The van der Waals surface area contributed by atoms with Crippen LogP contribution in [0.3, 0.4) is 0 Å². The van der Waals surface area contributed by atoms with E-state index in [9.17, 15) is 8.42 Å². The molecule has 0 aliphatic rings. The molecule has 0 aliphatic heterocycles. The van der Waals surface area contributed by atoms with Gasteiger partial charge in [-0.15, -0.1) is 0 Å². The summed E-state index contributed by atoms with van der Waals surface area (Å²) in [6, 6.07) is 5.17. The van der Waals surface area contributed by atoms with E-state index < -0.39 is 10.0 Å². The zero-order valence-corrected chi connectivity index (χ0v) is 13.1. The summed E-state index contributed by atoms with van der Waals surface area (Å²) in [4.78, 5) is 0.239. The lowest BCUT2D eigenvalue weighted by atomic mass is 10.0. The largest absolute Gasteiger partial charge is 0.238 e. The van der Waals surface area contributed by atoms with E-state index in [1.165, 1.54) is 25.7 Å². The van der Waals surface area contributed by atoms with Crippen LogP contribution in [-0.4, -0.2) is 8.42 Å². The highest BCUT2D eigenvalue weighted by molar-refractivity contribution is 7.89. The maximum absolute atomic E-state index is 11.6. The number of sulfonamides is 1. The molecule has 1 rings (SSSR count). The molecule has 112 valence electrons. The van der Waals surface area contributed by atoms with Crippen LogP contribution in [-0.2, 0) is 16.4 Å². The first-order chi connectivity index (χ1) is 9.50. The van der Waals surface area contributed by atoms with Crippen molar-refractivity contribution >= 4 is 16.1 Å². The van der Waals surface area contributed by atoms with Crippen LogP contribution in [0.15, 0.2) is 29.7 Å². The molecule has 0 spiro atoms. The van der Waals surface area contributed by atoms with E-state index in [-0.39, 0.29) is 4.90 Å². The van der Waals surface area contributed by atoms with Gasteiger partial charge in [-0.05, 0) is 30.0 Å². The van der Waals surface area contributed by atoms with E-state index in [1.54, 1.807) is 18.2 Å². The molecular formula is C16H25NO2S. The van der Waals surface area contributed by atoms with Gasteiger partial charge in [0.05, 0.1) is 4.90 Å². The number of benzene rings is 1. The summed E-state index contributed by atoms with van der Waals surface area (Å²) in [6.45, 7) is 5.94. The van der Waals surface area contributed by atoms with Gasteiger partial charge >= 0.3 is 0 Å². The first-order valence-electron chi connectivity index (χ1n) is 7.27. The molecule has 0 saturated carbocycles. The van der Waals surface area contributed by atoms with E-state index in [2.05, 4.69) is 13.5 Å². The summed E-state index contributed by atoms with van der Waals surface area (Å²) in [5.74, 6) is 0. The first-order valence-corrected chi connectivity index (χ1v) is 8.82. The van der Waals surface area contributed by atoms with Crippen LogP contribution in [0.5, 0.6) is 0 Å². The quantitative estimate of drug-likeness (QED) is 0.703. The number of rotatable bonds is 9. The summed E-state index contributed by atoms with van der Waals surface area (Å²) >= 11 is 0. The maximum atomic E-state index is 11.6. The molecule has 2 N–H and O–H groups in total. The van der Waals surface area contributed by atoms with Gasteiger partial charge in [0, 0.05) is 0 Å². The number of nitrogens with two attached hydrogens (primary N) is 1. The molecule has 0 aromatic heterocycles. The highest BCUT2D eigenvalue weighted by Crippen LogP contribution is 2.22. The van der Waals surface area contributed by atoms with Crippen molar-refractivity contribution in [1.82, 2.24) is 0 Å². The van der Waals surface area contributed by atoms with Crippen LogP contribution in [0.25, 0.3) is 6.08 Å². The van der Waals surface area contributed by atoms with Crippen LogP contribution in [0.1, 0.15) is 56.6 Å². The van der Waals surface area contributed by atoms with Crippen molar-refractivity contribution in [3.05, 3.63) is 35.9 Å². The molecule has 0 fully saturated rings. The fraction of sp³-hybridized carbons (Fsp3) is 0.500. The van der Waals surface area contributed by atoms with Crippen LogP contribution < -0.4 is 5.14 Å². The fourth-order valence-electron chi connectivity index (χ4n) is 2.39. The predicted octanol–water partition coefficient (Wildman–Crippen LogP) is 3.88. The molecule has 1 aromatic rings. The van der Waals surface area contributed by atoms with Crippen LogP contribution in [0.4, 0.5) is 0 Å². The summed E-state index contributed by atoms with van der Waals surface area (Å²) in [7, 11) is -3.67. The highest BCUT2D eigenvalue weighted by atomic mass is 32.2. The average molecular weight is 295 g/mol. The second kappa shape index (κ2) is 8.22. The lowest BCUT2D eigenvalue weighted by Crippen LogP contribution is -2.15. The molecular weight excluding hydrogens is 270 g/mol. The smallest absolute Gasteiger partial charge is 0.225 e. The van der Waals surface area contributed by atoms with Crippen molar-refractivity contribution in [1.29, 1.82) is 0 Å². The van der Waals surface area contributed by atoms with Gasteiger partial charge in [-0.1, -0.05) is 63.8 Å². The van der Waals surface area contributed by atoms with Crippen molar-refractivity contribution in [2.45, 2.75) is 56.8 Å². The molecule has 4 heteroatoms. The molecule has 0 saturated heterocycles. The molecule has 0 heterocycles. The maximum Gasteiger partial charge on any atom is 0.238 e. The Morgan fingerprint density at radius 2 is 1.80 bits per heavy atom. The van der Waals surface area contributed by atoms with Crippen LogP contribution in [0, 0.1) is 0 Å². The van der Waals surface area contributed by atoms with Crippen LogP contribution in [0.2, 0.25) is 0 Å². The Morgan fingerprint density at radius 1 is 1.15 bits per heavy atom. The number of primary sulfonamides is 1. The Hall–Kier alpha value is -1.13. The topological polar surface area (TPSA) is 60.2 Å². The lowest BCUT2D eigenvalue weighted by Gasteiger charge is -2.11. The molecule has 0 aliphatic carbocycles. The third-order valence-electron chi connectivity index (χ3n) is 3.48. The second-order valence-electron chi connectivity index (χ2n) is 5.09. The highest BCUT2D eigenvalue weighted by Gasteiger charge is 2.15. The molecule has 1 aromatic carbocycles. The summed E-state index contributed by atoms with van der Waals surface area (Å²) in [5.41, 5.74) is 1.67. The van der Waals surface area contributed by atoms with Crippen molar-refractivity contribution in [2.24, 2.45) is 5.14 Å². The van der Waals surface area contributed by atoms with Gasteiger partial charge in [0.15, 0.2) is 0 Å². The number of hydrogen-bond acceptors (Lipinski definition) is 2. The molecule has 0 unspecified atom stereocenters. The summed E-state index contributed by atoms with van der Waals surface area (Å²) in [6.07, 6.45) is 9.49.